The normalized spacial score (nSPS) is 10.6. The summed E-state index contributed by atoms with van der Waals surface area (Å²) in [5.41, 5.74) is 1.68. The van der Waals surface area contributed by atoms with Crippen molar-refractivity contribution in [3.63, 3.8) is 0 Å². The molecule has 0 aliphatic rings. The summed E-state index contributed by atoms with van der Waals surface area (Å²) < 4.78 is 18.8. The minimum Gasteiger partial charge on any atom is -0.364 e. The number of hydrogen-bond donors (Lipinski definition) is 0. The number of anilines is 1. The van der Waals surface area contributed by atoms with Crippen LogP contribution in [0.2, 0.25) is 0 Å². The molecule has 0 aliphatic carbocycles. The summed E-state index contributed by atoms with van der Waals surface area (Å²) in [4.78, 5) is 13.3. The largest absolute Gasteiger partial charge is 0.364 e. The predicted octanol–water partition coefficient (Wildman–Crippen LogP) is 3.15. The Balaban J connectivity index is 2.34. The monoisotopic (exact) mass is 296 g/mol. The van der Waals surface area contributed by atoms with E-state index in [-0.39, 0.29) is 24.0 Å². The summed E-state index contributed by atoms with van der Waals surface area (Å²) in [5.74, 6) is -1.07. The molecule has 1 amide bonds. The van der Waals surface area contributed by atoms with Gasteiger partial charge in [0.15, 0.2) is 0 Å². The second-order valence-corrected chi connectivity index (χ2v) is 4.47. The molecule has 0 saturated carbocycles. The van der Waals surface area contributed by atoms with Crippen LogP contribution in [0.1, 0.15) is 18.2 Å². The topological polar surface area (TPSA) is 46.3 Å². The molecule has 0 spiro atoms. The number of benzene rings is 1. The number of alkyl halides is 1. The molecule has 0 unspecified atom stereocenters. The highest BCUT2D eigenvalue weighted by Crippen LogP contribution is 2.22. The van der Waals surface area contributed by atoms with Gasteiger partial charge in [0.25, 0.3) is 0 Å². The van der Waals surface area contributed by atoms with Gasteiger partial charge in [-0.3, -0.25) is 4.79 Å². The van der Waals surface area contributed by atoms with Crippen molar-refractivity contribution in [3.05, 3.63) is 47.6 Å². The highest BCUT2D eigenvalue weighted by Gasteiger charge is 2.20. The lowest BCUT2D eigenvalue weighted by Gasteiger charge is -2.22. The molecule has 2 aromatic rings. The minimum absolute atomic E-state index is 0.180. The highest BCUT2D eigenvalue weighted by atomic mass is 35.5. The van der Waals surface area contributed by atoms with Gasteiger partial charge in [-0.2, -0.15) is 0 Å². The zero-order valence-corrected chi connectivity index (χ0v) is 11.7. The van der Waals surface area contributed by atoms with Crippen molar-refractivity contribution in [2.24, 2.45) is 0 Å². The molecule has 0 saturated heterocycles. The number of para-hydroxylation sites is 1. The van der Waals surface area contributed by atoms with Gasteiger partial charge in [0.1, 0.15) is 18.0 Å². The lowest BCUT2D eigenvalue weighted by Crippen LogP contribution is -2.32. The standard InChI is InChI=1S/C14H14ClFN2O2/c1-2-12-10(9-20-17-12)8-18(14(19)7-15)13-6-4-3-5-11(13)16/h3-6,9H,2,7-8H2,1H3. The van der Waals surface area contributed by atoms with Crippen LogP contribution < -0.4 is 4.90 Å². The molecular weight excluding hydrogens is 283 g/mol. The third-order valence-electron chi connectivity index (χ3n) is 2.95. The smallest absolute Gasteiger partial charge is 0.242 e. The van der Waals surface area contributed by atoms with Crippen LogP contribution >= 0.6 is 11.6 Å². The Morgan fingerprint density at radius 3 is 2.85 bits per heavy atom. The number of rotatable bonds is 5. The lowest BCUT2D eigenvalue weighted by molar-refractivity contribution is -0.116. The zero-order valence-electron chi connectivity index (χ0n) is 11.0. The molecule has 6 heteroatoms. The quantitative estimate of drug-likeness (QED) is 0.796. The average molecular weight is 297 g/mol. The Kier molecular flexibility index (Phi) is 4.74. The SMILES string of the molecule is CCc1nocc1CN(C(=O)CCl)c1ccccc1F. The van der Waals surface area contributed by atoms with Crippen LogP contribution in [0.25, 0.3) is 0 Å². The van der Waals surface area contributed by atoms with Gasteiger partial charge in [-0.15, -0.1) is 11.6 Å². The molecule has 0 atom stereocenters. The van der Waals surface area contributed by atoms with Crippen molar-refractivity contribution >= 4 is 23.2 Å². The summed E-state index contributed by atoms with van der Waals surface area (Å²) in [6.07, 6.45) is 2.14. The van der Waals surface area contributed by atoms with E-state index in [1.807, 2.05) is 6.92 Å². The summed E-state index contributed by atoms with van der Waals surface area (Å²) in [7, 11) is 0. The molecule has 20 heavy (non-hydrogen) atoms. The molecule has 0 radical (unpaired) electrons. The molecule has 0 aliphatic heterocycles. The second kappa shape index (κ2) is 6.52. The number of carbonyl (C=O) groups excluding carboxylic acids is 1. The highest BCUT2D eigenvalue weighted by molar-refractivity contribution is 6.29. The number of aromatic nitrogens is 1. The number of hydrogen-bond acceptors (Lipinski definition) is 3. The van der Waals surface area contributed by atoms with Crippen LogP contribution in [0.3, 0.4) is 0 Å². The van der Waals surface area contributed by atoms with E-state index in [0.29, 0.717) is 6.42 Å². The maximum absolute atomic E-state index is 13.9. The third kappa shape index (κ3) is 2.99. The van der Waals surface area contributed by atoms with E-state index < -0.39 is 5.82 Å². The Morgan fingerprint density at radius 2 is 2.20 bits per heavy atom. The molecule has 2 rings (SSSR count). The van der Waals surface area contributed by atoms with Gasteiger partial charge >= 0.3 is 0 Å². The first-order chi connectivity index (χ1) is 9.67. The molecule has 4 nitrogen and oxygen atoms in total. The van der Waals surface area contributed by atoms with E-state index in [9.17, 15) is 9.18 Å². The van der Waals surface area contributed by atoms with Gasteiger partial charge in [-0.25, -0.2) is 4.39 Å². The molecule has 0 bridgehead atoms. The van der Waals surface area contributed by atoms with Crippen molar-refractivity contribution in [2.75, 3.05) is 10.8 Å². The van der Waals surface area contributed by atoms with Crippen molar-refractivity contribution < 1.29 is 13.7 Å². The summed E-state index contributed by atoms with van der Waals surface area (Å²) in [5, 5.41) is 3.85. The van der Waals surface area contributed by atoms with Gasteiger partial charge in [0.2, 0.25) is 5.91 Å². The van der Waals surface area contributed by atoms with Crippen molar-refractivity contribution in [1.82, 2.24) is 5.16 Å². The Hall–Kier alpha value is -1.88. The number of nitrogens with zero attached hydrogens (tertiary/aromatic N) is 2. The Labute approximate surface area is 121 Å². The first kappa shape index (κ1) is 14.5. The van der Waals surface area contributed by atoms with E-state index in [1.165, 1.54) is 17.2 Å². The predicted molar refractivity (Wildman–Crippen MR) is 74.2 cm³/mol. The summed E-state index contributed by atoms with van der Waals surface area (Å²) in [6.45, 7) is 2.11. The average Bonchev–Trinajstić information content (AvgIpc) is 2.92. The van der Waals surface area contributed by atoms with E-state index >= 15 is 0 Å². The zero-order chi connectivity index (χ0) is 14.5. The molecule has 0 N–H and O–H groups in total. The maximum atomic E-state index is 13.9. The number of amides is 1. The summed E-state index contributed by atoms with van der Waals surface area (Å²) >= 11 is 5.61. The molecule has 1 aromatic heterocycles. The fourth-order valence-electron chi connectivity index (χ4n) is 1.92. The van der Waals surface area contributed by atoms with Crippen LogP contribution in [0.15, 0.2) is 35.1 Å². The number of aryl methyl sites for hydroxylation is 1. The van der Waals surface area contributed by atoms with Gasteiger partial charge in [0.05, 0.1) is 17.9 Å². The van der Waals surface area contributed by atoms with E-state index in [0.717, 1.165) is 11.3 Å². The summed E-state index contributed by atoms with van der Waals surface area (Å²) in [6, 6.07) is 6.08. The van der Waals surface area contributed by atoms with Gasteiger partial charge in [-0.05, 0) is 18.6 Å². The molecule has 1 aromatic carbocycles. The first-order valence-electron chi connectivity index (χ1n) is 6.20. The molecule has 1 heterocycles. The number of halogens is 2. The van der Waals surface area contributed by atoms with Gasteiger partial charge in [-0.1, -0.05) is 24.2 Å². The molecular formula is C14H14ClFN2O2. The maximum Gasteiger partial charge on any atom is 0.242 e. The van der Waals surface area contributed by atoms with E-state index in [1.54, 1.807) is 18.2 Å². The Bertz CT molecular complexity index is 600. The second-order valence-electron chi connectivity index (χ2n) is 4.20. The van der Waals surface area contributed by atoms with Crippen LogP contribution in [0.4, 0.5) is 10.1 Å². The van der Waals surface area contributed by atoms with Crippen LogP contribution in [-0.2, 0) is 17.8 Å². The molecule has 0 fully saturated rings. The van der Waals surface area contributed by atoms with Gasteiger partial charge in [0, 0.05) is 5.56 Å². The lowest BCUT2D eigenvalue weighted by atomic mass is 10.2. The minimum atomic E-state index is -0.472. The number of carbonyl (C=O) groups is 1. The van der Waals surface area contributed by atoms with Crippen LogP contribution in [-0.4, -0.2) is 16.9 Å². The van der Waals surface area contributed by atoms with Crippen molar-refractivity contribution in [2.45, 2.75) is 19.9 Å². The van der Waals surface area contributed by atoms with Crippen LogP contribution in [0, 0.1) is 5.82 Å². The van der Waals surface area contributed by atoms with Crippen molar-refractivity contribution in [3.8, 4) is 0 Å². The Morgan fingerprint density at radius 1 is 1.45 bits per heavy atom. The third-order valence-corrected chi connectivity index (χ3v) is 3.18. The van der Waals surface area contributed by atoms with E-state index in [2.05, 4.69) is 5.16 Å². The van der Waals surface area contributed by atoms with E-state index in [4.69, 9.17) is 16.1 Å². The fraction of sp³-hybridized carbons (Fsp3) is 0.286. The first-order valence-corrected chi connectivity index (χ1v) is 6.73. The van der Waals surface area contributed by atoms with Crippen molar-refractivity contribution in [1.29, 1.82) is 0 Å². The molecule has 106 valence electrons. The fourth-order valence-corrected chi connectivity index (χ4v) is 2.07. The van der Waals surface area contributed by atoms with Gasteiger partial charge < -0.3 is 9.42 Å². The van der Waals surface area contributed by atoms with Crippen LogP contribution in [0.5, 0.6) is 0 Å².